The molecule has 0 saturated carbocycles. The molecule has 6 atom stereocenters. The van der Waals surface area contributed by atoms with Gasteiger partial charge in [-0.2, -0.15) is 0 Å². The van der Waals surface area contributed by atoms with E-state index in [4.69, 9.17) is 9.47 Å². The van der Waals surface area contributed by atoms with Crippen LogP contribution >= 0.6 is 0 Å². The molecule has 0 unspecified atom stereocenters. The largest absolute Gasteiger partial charge is 0.390 e. The summed E-state index contributed by atoms with van der Waals surface area (Å²) >= 11 is 0. The molecule has 1 aliphatic heterocycles. The minimum Gasteiger partial charge on any atom is -0.390 e. The Bertz CT molecular complexity index is 472. The fourth-order valence-corrected chi connectivity index (χ4v) is 3.21. The summed E-state index contributed by atoms with van der Waals surface area (Å²) in [5.74, 6) is -0.395. The van der Waals surface area contributed by atoms with E-state index >= 15 is 0 Å². The topological polar surface area (TPSA) is 108 Å². The third-order valence-corrected chi connectivity index (χ3v) is 5.17. The smallest absolute Gasteiger partial charge is 0.249 e. The lowest BCUT2D eigenvalue weighted by Gasteiger charge is -2.36. The minimum atomic E-state index is -1.03. The molecular weight excluding hydrogens is 374 g/mol. The van der Waals surface area contributed by atoms with Crippen molar-refractivity contribution in [2.75, 3.05) is 6.61 Å². The molecule has 0 aromatic heterocycles. The van der Waals surface area contributed by atoms with Gasteiger partial charge in [0.15, 0.2) is 6.29 Å². The van der Waals surface area contributed by atoms with Crippen LogP contribution in [0.2, 0.25) is 0 Å². The van der Waals surface area contributed by atoms with E-state index in [1.165, 1.54) is 0 Å². The molecule has 170 valence electrons. The van der Waals surface area contributed by atoms with Crippen molar-refractivity contribution < 1.29 is 29.6 Å². The van der Waals surface area contributed by atoms with Gasteiger partial charge in [0.05, 0.1) is 24.9 Å². The number of carbonyl (C=O) groups is 1. The summed E-state index contributed by atoms with van der Waals surface area (Å²) in [6, 6.07) is -0.334. The maximum absolute atomic E-state index is 12.4. The molecule has 4 N–H and O–H groups in total. The maximum Gasteiger partial charge on any atom is 0.249 e. The Morgan fingerprint density at radius 2 is 1.93 bits per heavy atom. The van der Waals surface area contributed by atoms with Crippen LogP contribution in [0.3, 0.4) is 0 Å². The molecule has 7 heteroatoms. The summed E-state index contributed by atoms with van der Waals surface area (Å²) in [5.41, 5.74) is 0. The molecule has 0 radical (unpaired) electrons. The van der Waals surface area contributed by atoms with Crippen LogP contribution in [0.15, 0.2) is 12.2 Å². The van der Waals surface area contributed by atoms with Gasteiger partial charge in [-0.05, 0) is 26.2 Å². The van der Waals surface area contributed by atoms with Crippen LogP contribution in [0.1, 0.15) is 78.6 Å². The summed E-state index contributed by atoms with van der Waals surface area (Å²) < 4.78 is 11.2. The van der Waals surface area contributed by atoms with Crippen LogP contribution in [0, 0.1) is 0 Å². The van der Waals surface area contributed by atoms with Crippen molar-refractivity contribution in [1.29, 1.82) is 0 Å². The van der Waals surface area contributed by atoms with Gasteiger partial charge >= 0.3 is 0 Å². The van der Waals surface area contributed by atoms with Crippen molar-refractivity contribution in [2.24, 2.45) is 0 Å². The van der Waals surface area contributed by atoms with Crippen molar-refractivity contribution in [3.05, 3.63) is 12.2 Å². The molecule has 0 aromatic rings. The van der Waals surface area contributed by atoms with E-state index < -0.39 is 36.6 Å². The normalized spacial score (nSPS) is 27.1. The Kier molecular flexibility index (Phi) is 13.4. The molecular formula is C22H41NO6. The standard InChI is InChI=1S/C22H41NO6/c1-4-6-8-10-12-17(23-21(27)18(24)13-11-9-7-5-2)15-28-22-20(26)14-19(25)16(3)29-22/h8,10,16-20,22,24-26H,4-7,9,11-15H2,1-3H3,(H,23,27)/b10-8+/t16-,17-,18-,19+,20-,22-/m1/s1. The average molecular weight is 416 g/mol. The number of hydrogen-bond acceptors (Lipinski definition) is 6. The molecule has 29 heavy (non-hydrogen) atoms. The highest BCUT2D eigenvalue weighted by Crippen LogP contribution is 2.21. The fraction of sp³-hybridized carbons (Fsp3) is 0.864. The number of ether oxygens (including phenoxy) is 2. The zero-order valence-electron chi connectivity index (χ0n) is 18.3. The highest BCUT2D eigenvalue weighted by atomic mass is 16.7. The van der Waals surface area contributed by atoms with Crippen LogP contribution in [-0.4, -0.2) is 64.6 Å². The third-order valence-electron chi connectivity index (χ3n) is 5.17. The van der Waals surface area contributed by atoms with Gasteiger partial charge in [-0.15, -0.1) is 0 Å². The Balaban J connectivity index is 2.55. The second kappa shape index (κ2) is 14.9. The summed E-state index contributed by atoms with van der Waals surface area (Å²) in [7, 11) is 0. The van der Waals surface area contributed by atoms with Gasteiger partial charge in [0.1, 0.15) is 12.2 Å². The van der Waals surface area contributed by atoms with Gasteiger partial charge in [-0.1, -0.05) is 58.1 Å². The number of aliphatic hydroxyl groups is 3. The van der Waals surface area contributed by atoms with Gasteiger partial charge in [-0.3, -0.25) is 4.79 Å². The summed E-state index contributed by atoms with van der Waals surface area (Å²) in [6.07, 6.45) is 7.37. The van der Waals surface area contributed by atoms with E-state index in [0.717, 1.165) is 38.5 Å². The van der Waals surface area contributed by atoms with Crippen molar-refractivity contribution in [1.82, 2.24) is 5.32 Å². The van der Waals surface area contributed by atoms with Gasteiger partial charge in [-0.25, -0.2) is 0 Å². The first kappa shape index (κ1) is 26.0. The zero-order chi connectivity index (χ0) is 21.6. The van der Waals surface area contributed by atoms with E-state index in [9.17, 15) is 20.1 Å². The third kappa shape index (κ3) is 10.6. The molecule has 1 fully saturated rings. The molecule has 1 saturated heterocycles. The lowest BCUT2D eigenvalue weighted by molar-refractivity contribution is -0.262. The predicted octanol–water partition coefficient (Wildman–Crippen LogP) is 2.42. The van der Waals surface area contributed by atoms with Crippen molar-refractivity contribution in [3.8, 4) is 0 Å². The van der Waals surface area contributed by atoms with Crippen LogP contribution in [-0.2, 0) is 14.3 Å². The molecule has 0 spiro atoms. The van der Waals surface area contributed by atoms with E-state index in [0.29, 0.717) is 12.8 Å². The Morgan fingerprint density at radius 1 is 1.17 bits per heavy atom. The minimum absolute atomic E-state index is 0.148. The van der Waals surface area contributed by atoms with Gasteiger partial charge in [0.25, 0.3) is 0 Å². The van der Waals surface area contributed by atoms with E-state index in [1.807, 2.05) is 6.08 Å². The maximum atomic E-state index is 12.4. The number of amides is 1. The zero-order valence-corrected chi connectivity index (χ0v) is 18.3. The number of allylic oxidation sites excluding steroid dienone is 1. The van der Waals surface area contributed by atoms with Gasteiger partial charge < -0.3 is 30.1 Å². The number of rotatable bonds is 14. The number of unbranched alkanes of at least 4 members (excludes halogenated alkanes) is 4. The number of nitrogens with one attached hydrogen (secondary N) is 1. The lowest BCUT2D eigenvalue weighted by atomic mass is 10.0. The molecule has 0 aliphatic carbocycles. The second-order valence-corrected chi connectivity index (χ2v) is 7.98. The Hall–Kier alpha value is -0.990. The second-order valence-electron chi connectivity index (χ2n) is 7.98. The van der Waals surface area contributed by atoms with Crippen molar-refractivity contribution >= 4 is 5.91 Å². The molecule has 1 amide bonds. The summed E-state index contributed by atoms with van der Waals surface area (Å²) in [5, 5.41) is 32.8. The first-order valence-electron chi connectivity index (χ1n) is 11.2. The first-order chi connectivity index (χ1) is 13.9. The molecule has 1 rings (SSSR count). The van der Waals surface area contributed by atoms with Crippen LogP contribution in [0.4, 0.5) is 0 Å². The first-order valence-corrected chi connectivity index (χ1v) is 11.2. The SMILES string of the molecule is CCC/C=C/C[C@H](CO[C@@H]1O[C@H](C)[C@@H](O)C[C@H]1O)NC(=O)[C@H](O)CCCCCC. The van der Waals surface area contributed by atoms with E-state index in [2.05, 4.69) is 25.2 Å². The molecule has 1 heterocycles. The number of hydrogen-bond donors (Lipinski definition) is 4. The summed E-state index contributed by atoms with van der Waals surface area (Å²) in [4.78, 5) is 12.4. The molecule has 1 aliphatic rings. The highest BCUT2D eigenvalue weighted by molar-refractivity contribution is 5.80. The fourth-order valence-electron chi connectivity index (χ4n) is 3.21. The molecule has 0 aromatic carbocycles. The lowest BCUT2D eigenvalue weighted by Crippen LogP contribution is -2.49. The van der Waals surface area contributed by atoms with Crippen LogP contribution in [0.5, 0.6) is 0 Å². The Morgan fingerprint density at radius 3 is 2.62 bits per heavy atom. The number of aliphatic hydroxyl groups excluding tert-OH is 3. The highest BCUT2D eigenvalue weighted by Gasteiger charge is 2.35. The van der Waals surface area contributed by atoms with Crippen molar-refractivity contribution in [3.63, 3.8) is 0 Å². The van der Waals surface area contributed by atoms with E-state index in [1.54, 1.807) is 6.92 Å². The average Bonchev–Trinajstić information content (AvgIpc) is 2.69. The van der Waals surface area contributed by atoms with Gasteiger partial charge in [0, 0.05) is 6.42 Å². The van der Waals surface area contributed by atoms with E-state index in [-0.39, 0.29) is 19.1 Å². The van der Waals surface area contributed by atoms with Crippen LogP contribution < -0.4 is 5.32 Å². The van der Waals surface area contributed by atoms with Crippen LogP contribution in [0.25, 0.3) is 0 Å². The molecule has 0 bridgehead atoms. The predicted molar refractivity (Wildman–Crippen MR) is 112 cm³/mol. The van der Waals surface area contributed by atoms with Crippen molar-refractivity contribution in [2.45, 2.75) is 115 Å². The number of carbonyl (C=O) groups excluding carboxylic acids is 1. The quantitative estimate of drug-likeness (QED) is 0.256. The Labute approximate surface area is 175 Å². The monoisotopic (exact) mass is 415 g/mol. The summed E-state index contributed by atoms with van der Waals surface area (Å²) in [6.45, 7) is 6.09. The molecule has 7 nitrogen and oxygen atoms in total. The van der Waals surface area contributed by atoms with Gasteiger partial charge in [0.2, 0.25) is 5.91 Å².